The average Bonchev–Trinajstić information content (AvgIpc) is 3.06. The molecule has 144 valence electrons. The SMILES string of the molecule is CC12c3ccccc3C(c3ccccc31)[C@@H]1C(=O)N(c3ccc(C#N)cc3)C(=O)[C@@H]12. The van der Waals surface area contributed by atoms with Crippen LogP contribution in [0.1, 0.15) is 40.7 Å². The number of anilines is 1. The Bertz CT molecular complexity index is 1240. The van der Waals surface area contributed by atoms with Crippen LogP contribution in [0, 0.1) is 23.2 Å². The highest BCUT2D eigenvalue weighted by Crippen LogP contribution is 2.64. The average molecular weight is 390 g/mol. The van der Waals surface area contributed by atoms with Crippen LogP contribution in [0.4, 0.5) is 5.69 Å². The van der Waals surface area contributed by atoms with E-state index in [0.717, 1.165) is 22.3 Å². The van der Waals surface area contributed by atoms with Crippen LogP contribution in [0.15, 0.2) is 72.8 Å². The quantitative estimate of drug-likeness (QED) is 0.587. The van der Waals surface area contributed by atoms with Gasteiger partial charge < -0.3 is 0 Å². The van der Waals surface area contributed by atoms with Crippen LogP contribution in [0.5, 0.6) is 0 Å². The van der Waals surface area contributed by atoms with Crippen LogP contribution in [0.3, 0.4) is 0 Å². The Balaban J connectivity index is 1.58. The van der Waals surface area contributed by atoms with Crippen molar-refractivity contribution in [1.29, 1.82) is 5.26 Å². The van der Waals surface area contributed by atoms with Crippen molar-refractivity contribution in [2.24, 2.45) is 11.8 Å². The molecule has 0 N–H and O–H groups in total. The maximum Gasteiger partial charge on any atom is 0.238 e. The Morgan fingerprint density at radius 3 is 1.97 bits per heavy atom. The van der Waals surface area contributed by atoms with Crippen LogP contribution in [-0.2, 0) is 15.0 Å². The molecule has 1 heterocycles. The predicted molar refractivity (Wildman–Crippen MR) is 112 cm³/mol. The molecule has 7 rings (SSSR count). The maximum atomic E-state index is 13.8. The fourth-order valence-electron chi connectivity index (χ4n) is 6.09. The Kier molecular flexibility index (Phi) is 3.25. The smallest absolute Gasteiger partial charge is 0.238 e. The molecular formula is C26H18N2O2. The number of nitriles is 1. The van der Waals surface area contributed by atoms with E-state index in [4.69, 9.17) is 5.26 Å². The largest absolute Gasteiger partial charge is 0.274 e. The third-order valence-electron chi connectivity index (χ3n) is 7.30. The number of rotatable bonds is 1. The molecule has 0 aromatic heterocycles. The second-order valence-corrected chi connectivity index (χ2v) is 8.53. The molecule has 2 atom stereocenters. The molecule has 3 aliphatic carbocycles. The molecule has 2 bridgehead atoms. The second kappa shape index (κ2) is 5.67. The molecule has 30 heavy (non-hydrogen) atoms. The van der Waals surface area contributed by atoms with E-state index in [1.807, 2.05) is 24.3 Å². The van der Waals surface area contributed by atoms with Crippen molar-refractivity contribution >= 4 is 17.5 Å². The van der Waals surface area contributed by atoms with Crippen LogP contribution < -0.4 is 4.90 Å². The van der Waals surface area contributed by atoms with Crippen molar-refractivity contribution in [2.75, 3.05) is 4.90 Å². The number of nitrogens with zero attached hydrogens (tertiary/aromatic N) is 2. The minimum Gasteiger partial charge on any atom is -0.274 e. The lowest BCUT2D eigenvalue weighted by molar-refractivity contribution is -0.123. The Morgan fingerprint density at radius 2 is 1.40 bits per heavy atom. The van der Waals surface area contributed by atoms with Gasteiger partial charge in [-0.05, 0) is 46.5 Å². The molecular weight excluding hydrogens is 372 g/mol. The molecule has 0 spiro atoms. The fraction of sp³-hybridized carbons (Fsp3) is 0.192. The van der Waals surface area contributed by atoms with E-state index in [9.17, 15) is 9.59 Å². The van der Waals surface area contributed by atoms with Gasteiger partial charge in [0.2, 0.25) is 11.8 Å². The highest BCUT2D eigenvalue weighted by atomic mass is 16.2. The van der Waals surface area contributed by atoms with Crippen molar-refractivity contribution in [3.63, 3.8) is 0 Å². The minimum atomic E-state index is -0.555. The van der Waals surface area contributed by atoms with Crippen LogP contribution in [0.2, 0.25) is 0 Å². The van der Waals surface area contributed by atoms with Crippen LogP contribution >= 0.6 is 0 Å². The molecule has 0 radical (unpaired) electrons. The van der Waals surface area contributed by atoms with Crippen LogP contribution in [-0.4, -0.2) is 11.8 Å². The standard InChI is InChI=1S/C26H18N2O2/c1-26-19-8-4-2-6-17(19)21(18-7-3-5-9-20(18)26)22-23(26)25(30)28(24(22)29)16-12-10-15(14-27)11-13-16/h2-13,21-23H,1H3/t21?,22-,23+,26?/m0/s1. The summed E-state index contributed by atoms with van der Waals surface area (Å²) in [6.07, 6.45) is 0. The predicted octanol–water partition coefficient (Wildman–Crippen LogP) is 4.13. The minimum absolute atomic E-state index is 0.121. The molecule has 3 aromatic carbocycles. The van der Waals surface area contributed by atoms with E-state index in [1.54, 1.807) is 24.3 Å². The summed E-state index contributed by atoms with van der Waals surface area (Å²) < 4.78 is 0. The van der Waals surface area contributed by atoms with Gasteiger partial charge in [-0.15, -0.1) is 0 Å². The number of carbonyl (C=O) groups excluding carboxylic acids is 2. The highest BCUT2D eigenvalue weighted by Gasteiger charge is 2.66. The zero-order chi connectivity index (χ0) is 20.6. The van der Waals surface area contributed by atoms with Crippen molar-refractivity contribution in [1.82, 2.24) is 0 Å². The van der Waals surface area contributed by atoms with Gasteiger partial charge in [-0.25, -0.2) is 4.90 Å². The van der Waals surface area contributed by atoms with E-state index >= 15 is 0 Å². The first-order valence-electron chi connectivity index (χ1n) is 10.1. The third-order valence-corrected chi connectivity index (χ3v) is 7.30. The molecule has 4 aliphatic rings. The summed E-state index contributed by atoms with van der Waals surface area (Å²) in [7, 11) is 0. The van der Waals surface area contributed by atoms with Crippen molar-refractivity contribution < 1.29 is 9.59 Å². The number of benzene rings is 3. The first-order valence-corrected chi connectivity index (χ1v) is 10.1. The monoisotopic (exact) mass is 390 g/mol. The lowest BCUT2D eigenvalue weighted by Gasteiger charge is -2.52. The molecule has 4 heteroatoms. The molecule has 3 aromatic rings. The van der Waals surface area contributed by atoms with Crippen molar-refractivity contribution in [3.8, 4) is 6.07 Å². The summed E-state index contributed by atoms with van der Waals surface area (Å²) in [4.78, 5) is 28.8. The van der Waals surface area contributed by atoms with Gasteiger partial charge in [-0.3, -0.25) is 9.59 Å². The first kappa shape index (κ1) is 17.2. The van der Waals surface area contributed by atoms with Crippen LogP contribution in [0.25, 0.3) is 0 Å². The fourth-order valence-corrected chi connectivity index (χ4v) is 6.09. The van der Waals surface area contributed by atoms with E-state index in [0.29, 0.717) is 11.3 Å². The van der Waals surface area contributed by atoms with E-state index in [1.165, 1.54) is 4.90 Å². The number of carbonyl (C=O) groups is 2. The van der Waals surface area contributed by atoms with Gasteiger partial charge in [0.05, 0.1) is 29.2 Å². The summed E-state index contributed by atoms with van der Waals surface area (Å²) in [5, 5.41) is 9.08. The molecule has 0 saturated carbocycles. The normalized spacial score (nSPS) is 28.0. The Morgan fingerprint density at radius 1 is 0.833 bits per heavy atom. The lowest BCUT2D eigenvalue weighted by atomic mass is 9.48. The van der Waals surface area contributed by atoms with Crippen molar-refractivity contribution in [3.05, 3.63) is 101 Å². The van der Waals surface area contributed by atoms with Gasteiger partial charge in [-0.1, -0.05) is 55.5 Å². The summed E-state index contributed by atoms with van der Waals surface area (Å²) in [6, 6.07) is 25.2. The maximum absolute atomic E-state index is 13.8. The molecule has 1 saturated heterocycles. The number of amides is 2. The van der Waals surface area contributed by atoms with Gasteiger partial charge in [-0.2, -0.15) is 5.26 Å². The van der Waals surface area contributed by atoms with Crippen molar-refractivity contribution in [2.45, 2.75) is 18.3 Å². The zero-order valence-electron chi connectivity index (χ0n) is 16.4. The molecule has 2 amide bonds. The van der Waals surface area contributed by atoms with E-state index in [-0.39, 0.29) is 17.7 Å². The Labute approximate surface area is 174 Å². The van der Waals surface area contributed by atoms with Gasteiger partial charge in [0, 0.05) is 11.3 Å². The zero-order valence-corrected chi connectivity index (χ0v) is 16.4. The topological polar surface area (TPSA) is 61.2 Å². The van der Waals surface area contributed by atoms with E-state index in [2.05, 4.69) is 37.3 Å². The van der Waals surface area contributed by atoms with Gasteiger partial charge in [0.1, 0.15) is 0 Å². The second-order valence-electron chi connectivity index (χ2n) is 8.53. The molecule has 4 nitrogen and oxygen atoms in total. The summed E-state index contributed by atoms with van der Waals surface area (Å²) in [5.41, 5.74) is 5.10. The van der Waals surface area contributed by atoms with E-state index < -0.39 is 17.3 Å². The highest BCUT2D eigenvalue weighted by molar-refractivity contribution is 6.23. The third kappa shape index (κ3) is 1.85. The number of hydrogen-bond acceptors (Lipinski definition) is 3. The van der Waals surface area contributed by atoms with Gasteiger partial charge >= 0.3 is 0 Å². The number of imide groups is 1. The first-order chi connectivity index (χ1) is 14.6. The Hall–Kier alpha value is -3.71. The lowest BCUT2D eigenvalue weighted by Crippen LogP contribution is -2.51. The molecule has 1 aliphatic heterocycles. The molecule has 1 fully saturated rings. The summed E-state index contributed by atoms with van der Waals surface area (Å²) in [6.45, 7) is 2.12. The summed E-state index contributed by atoms with van der Waals surface area (Å²) in [5.74, 6) is -1.26. The van der Waals surface area contributed by atoms with Gasteiger partial charge in [0.15, 0.2) is 0 Å². The number of hydrogen-bond donors (Lipinski definition) is 0. The summed E-state index contributed by atoms with van der Waals surface area (Å²) >= 11 is 0. The molecule has 0 unspecified atom stereocenters. The van der Waals surface area contributed by atoms with Gasteiger partial charge in [0.25, 0.3) is 0 Å².